The van der Waals surface area contributed by atoms with Crippen LogP contribution in [0.15, 0.2) is 4.47 Å². The van der Waals surface area contributed by atoms with E-state index in [1.807, 2.05) is 0 Å². The van der Waals surface area contributed by atoms with Gasteiger partial charge in [-0.15, -0.1) is 16.4 Å². The highest BCUT2D eigenvalue weighted by molar-refractivity contribution is 9.10. The normalized spacial score (nSPS) is 10.8. The zero-order valence-corrected chi connectivity index (χ0v) is 13.2. The molecule has 0 amide bonds. The first-order chi connectivity index (χ1) is 10.1. The minimum Gasteiger partial charge on any atom is -0.112 e. The van der Waals surface area contributed by atoms with Gasteiger partial charge in [-0.1, -0.05) is 48.7 Å². The van der Waals surface area contributed by atoms with E-state index in [2.05, 4.69) is 15.9 Å². The van der Waals surface area contributed by atoms with Crippen LogP contribution in [-0.4, -0.2) is 70.6 Å². The third-order valence-electron chi connectivity index (χ3n) is 3.54. The molecule has 2 rings (SSSR count). The Bertz CT molecular complexity index is 675. The molecule has 22 heavy (non-hydrogen) atoms. The summed E-state index contributed by atoms with van der Waals surface area (Å²) in [4.78, 5) is 0. The zero-order chi connectivity index (χ0) is 16.9. The van der Waals surface area contributed by atoms with E-state index in [-0.39, 0.29) is 60.3 Å². The highest BCUT2D eigenvalue weighted by atomic mass is 79.9. The molecule has 18 radical (unpaired) electrons. The van der Waals surface area contributed by atoms with Crippen molar-refractivity contribution in [1.82, 2.24) is 0 Å². The average Bonchev–Trinajstić information content (AvgIpc) is 2.50. The summed E-state index contributed by atoms with van der Waals surface area (Å²) in [7, 11) is 53.4. The van der Waals surface area contributed by atoms with Crippen LogP contribution in [0.4, 0.5) is 0 Å². The number of hydrogen-bond acceptors (Lipinski definition) is 0. The molecule has 2 aromatic carbocycles. The van der Waals surface area contributed by atoms with Crippen LogP contribution in [0.5, 0.6) is 0 Å². The Hall–Kier alpha value is -0.496. The molecule has 0 aliphatic rings. The smallest absolute Gasteiger partial charge is 0.112 e. The quantitative estimate of drug-likeness (QED) is 0.458. The highest BCUT2D eigenvalue weighted by Crippen LogP contribution is 2.09. The molecule has 0 fully saturated rings. The summed E-state index contributed by atoms with van der Waals surface area (Å²) >= 11 is 3.22. The zero-order valence-electron chi connectivity index (χ0n) is 11.6. The Labute approximate surface area is 151 Å². The van der Waals surface area contributed by atoms with Crippen molar-refractivity contribution >= 4 is 136 Å². The van der Waals surface area contributed by atoms with Gasteiger partial charge in [-0.2, -0.15) is 0 Å². The first-order valence-electron chi connectivity index (χ1n) is 6.04. The molecule has 0 heterocycles. The molecule has 0 aliphatic heterocycles. The monoisotopic (exact) mass is 322 g/mol. The summed E-state index contributed by atoms with van der Waals surface area (Å²) in [6, 6.07) is 0. The van der Waals surface area contributed by atoms with Gasteiger partial charge < -0.3 is 0 Å². The lowest BCUT2D eigenvalue weighted by atomic mass is 9.57. The molecule has 82 valence electrons. The van der Waals surface area contributed by atoms with Gasteiger partial charge in [0, 0.05) is 4.47 Å². The van der Waals surface area contributed by atoms with E-state index < -0.39 is 0 Å². The van der Waals surface area contributed by atoms with Crippen molar-refractivity contribution in [1.29, 1.82) is 0 Å². The average molecular weight is 321 g/mol. The van der Waals surface area contributed by atoms with Crippen molar-refractivity contribution in [3.8, 4) is 11.1 Å². The van der Waals surface area contributed by atoms with Crippen LogP contribution in [-0.2, 0) is 0 Å². The maximum atomic E-state index is 6.05. The Morgan fingerprint density at radius 3 is 0.909 bits per heavy atom. The summed E-state index contributed by atoms with van der Waals surface area (Å²) in [6.45, 7) is 0. The fraction of sp³-hybridized carbons (Fsp3) is 0. The van der Waals surface area contributed by atoms with E-state index >= 15 is 0 Å². The summed E-state index contributed by atoms with van der Waals surface area (Å²) in [5.74, 6) is 0. The van der Waals surface area contributed by atoms with Gasteiger partial charge in [0.05, 0.1) is 0 Å². The largest absolute Gasteiger partial charge is 0.114 e. The lowest BCUT2D eigenvalue weighted by molar-refractivity contribution is 1.84. The molecule has 10 heteroatoms. The van der Waals surface area contributed by atoms with Gasteiger partial charge in [0.25, 0.3) is 0 Å². The molecule has 0 spiro atoms. The third-order valence-corrected chi connectivity index (χ3v) is 4.40. The maximum Gasteiger partial charge on any atom is 0.114 e. The minimum absolute atomic E-state index is 0.0839. The van der Waals surface area contributed by atoms with E-state index in [4.69, 9.17) is 70.6 Å². The van der Waals surface area contributed by atoms with E-state index in [0.717, 1.165) is 0 Å². The molecule has 2 aromatic rings. The standard InChI is InChI=1S/C12B9Br/c13-3-1(4(14)8(18)9(19)7(3)17)2-5(15)10(20)12(22)11(21)6(2)16. The van der Waals surface area contributed by atoms with Crippen LogP contribution in [0.1, 0.15) is 0 Å². The van der Waals surface area contributed by atoms with Gasteiger partial charge in [0.2, 0.25) is 0 Å². The van der Waals surface area contributed by atoms with E-state index in [9.17, 15) is 0 Å². The molecule has 0 bridgehead atoms. The topological polar surface area (TPSA) is 0 Å². The van der Waals surface area contributed by atoms with E-state index in [0.29, 0.717) is 4.47 Å². The molecule has 0 atom stereocenters. The van der Waals surface area contributed by atoms with Crippen molar-refractivity contribution in [3.05, 3.63) is 4.47 Å². The van der Waals surface area contributed by atoms with Crippen LogP contribution in [0, 0.1) is 0 Å². The Kier molecular flexibility index (Phi) is 5.02. The van der Waals surface area contributed by atoms with E-state index in [1.165, 1.54) is 0 Å². The molecule has 0 saturated carbocycles. The van der Waals surface area contributed by atoms with Crippen molar-refractivity contribution in [3.63, 3.8) is 0 Å². The number of benzene rings is 2. The van der Waals surface area contributed by atoms with Gasteiger partial charge in [-0.05, 0) is 11.1 Å². The number of hydrogen-bond donors (Lipinski definition) is 0. The Balaban J connectivity index is 3.03. The van der Waals surface area contributed by atoms with Crippen LogP contribution in [0.25, 0.3) is 11.1 Å². The van der Waals surface area contributed by atoms with Crippen molar-refractivity contribution in [2.45, 2.75) is 0 Å². The first-order valence-corrected chi connectivity index (χ1v) is 6.83. The second-order valence-electron chi connectivity index (χ2n) is 4.79. The number of rotatable bonds is 1. The third kappa shape index (κ3) is 2.52. The van der Waals surface area contributed by atoms with Gasteiger partial charge in [-0.25, -0.2) is 0 Å². The summed E-state index contributed by atoms with van der Waals surface area (Å²) in [5.41, 5.74) is 1.70. The fourth-order valence-electron chi connectivity index (χ4n) is 2.18. The second-order valence-corrected chi connectivity index (χ2v) is 5.58. The van der Waals surface area contributed by atoms with Crippen LogP contribution in [0.3, 0.4) is 0 Å². The van der Waals surface area contributed by atoms with Crippen molar-refractivity contribution < 1.29 is 0 Å². The molecule has 0 unspecified atom stereocenters. The molecule has 0 N–H and O–H groups in total. The second kappa shape index (κ2) is 6.19. The minimum atomic E-state index is 0.0839. The van der Waals surface area contributed by atoms with Crippen LogP contribution >= 0.6 is 15.9 Å². The molecule has 0 aliphatic carbocycles. The van der Waals surface area contributed by atoms with Crippen LogP contribution in [0.2, 0.25) is 0 Å². The van der Waals surface area contributed by atoms with E-state index in [1.54, 1.807) is 0 Å². The number of halogens is 1. The lowest BCUT2D eigenvalue weighted by Gasteiger charge is -2.27. The van der Waals surface area contributed by atoms with Crippen molar-refractivity contribution in [2.75, 3.05) is 0 Å². The van der Waals surface area contributed by atoms with Gasteiger partial charge >= 0.3 is 0 Å². The first kappa shape index (κ1) is 17.9. The Morgan fingerprint density at radius 1 is 0.364 bits per heavy atom. The fourth-order valence-corrected chi connectivity index (χ4v) is 2.61. The van der Waals surface area contributed by atoms with Gasteiger partial charge in [0.15, 0.2) is 0 Å². The summed E-state index contributed by atoms with van der Waals surface area (Å²) < 4.78 is 0.389. The van der Waals surface area contributed by atoms with Crippen molar-refractivity contribution in [2.24, 2.45) is 0 Å². The maximum absolute atomic E-state index is 6.05. The molecule has 0 nitrogen and oxygen atoms in total. The summed E-state index contributed by atoms with van der Waals surface area (Å²) in [5, 5.41) is 0. The summed E-state index contributed by atoms with van der Waals surface area (Å²) in [6.07, 6.45) is 0. The predicted octanol–water partition coefficient (Wildman–Crippen LogP) is -6.74. The molecule has 0 aromatic heterocycles. The van der Waals surface area contributed by atoms with Crippen LogP contribution < -0.4 is 49.2 Å². The lowest BCUT2D eigenvalue weighted by Crippen LogP contribution is -2.57. The molecule has 0 saturated heterocycles. The van der Waals surface area contributed by atoms with Gasteiger partial charge in [-0.3, -0.25) is 0 Å². The SMILES string of the molecule is [B]c1c([B])c([B])c(-c2c([B])c([B])c(Br)c([B])c2[B])c([B])c1[B]. The molecular formula is C12B9Br. The Morgan fingerprint density at radius 2 is 0.591 bits per heavy atom. The molecular weight excluding hydrogens is 321 g/mol. The highest BCUT2D eigenvalue weighted by Gasteiger charge is 2.18. The van der Waals surface area contributed by atoms with Gasteiger partial charge in [0.1, 0.15) is 70.6 Å². The predicted molar refractivity (Wildman–Crippen MR) is 108 cm³/mol.